The fourth-order valence-electron chi connectivity index (χ4n) is 5.48. The monoisotopic (exact) mass is 530 g/mol. The predicted molar refractivity (Wildman–Crippen MR) is 161 cm³/mol. The molecule has 0 aliphatic carbocycles. The van der Waals surface area contributed by atoms with Crippen molar-refractivity contribution in [3.8, 4) is 17.2 Å². The van der Waals surface area contributed by atoms with Crippen molar-refractivity contribution in [3.05, 3.63) is 138 Å². The molecule has 1 saturated heterocycles. The average molecular weight is 531 g/mol. The van der Waals surface area contributed by atoms with Crippen molar-refractivity contribution in [2.45, 2.75) is 32.9 Å². The van der Waals surface area contributed by atoms with Gasteiger partial charge in [0.2, 0.25) is 0 Å². The van der Waals surface area contributed by atoms with E-state index in [1.807, 2.05) is 67.7 Å². The van der Waals surface area contributed by atoms with E-state index in [2.05, 4.69) is 77.2 Å². The number of nitrogens with one attached hydrogen (secondary N) is 1. The second kappa shape index (κ2) is 10.4. The lowest BCUT2D eigenvalue weighted by atomic mass is 9.96. The summed E-state index contributed by atoms with van der Waals surface area (Å²) in [4.78, 5) is 6.92. The van der Waals surface area contributed by atoms with Gasteiger partial charge in [0.25, 0.3) is 0 Å². The zero-order chi connectivity index (χ0) is 26.9. The Morgan fingerprint density at radius 3 is 2.23 bits per heavy atom. The number of benzene rings is 3. The lowest BCUT2D eigenvalue weighted by molar-refractivity contribution is 0.479. The Kier molecular flexibility index (Phi) is 6.63. The molecular weight excluding hydrogens is 500 g/mol. The van der Waals surface area contributed by atoms with Gasteiger partial charge in [-0.1, -0.05) is 42.5 Å². The summed E-state index contributed by atoms with van der Waals surface area (Å²) >= 11 is 5.96. The molecule has 194 valence electrons. The van der Waals surface area contributed by atoms with Crippen molar-refractivity contribution in [2.75, 3.05) is 4.90 Å². The van der Waals surface area contributed by atoms with E-state index in [0.717, 1.165) is 34.1 Å². The summed E-state index contributed by atoms with van der Waals surface area (Å²) in [7, 11) is 0. The van der Waals surface area contributed by atoms with Crippen LogP contribution in [0.15, 0.2) is 109 Å². The van der Waals surface area contributed by atoms with E-state index >= 15 is 0 Å². The van der Waals surface area contributed by atoms with Gasteiger partial charge in [-0.05, 0) is 105 Å². The zero-order valence-corrected chi connectivity index (χ0v) is 23.0. The van der Waals surface area contributed by atoms with E-state index in [-0.39, 0.29) is 12.1 Å². The number of aryl methyl sites for hydroxylation is 2. The second-order valence-electron chi connectivity index (χ2n) is 9.86. The third-order valence-electron chi connectivity index (χ3n) is 7.34. The Bertz CT molecular complexity index is 1610. The van der Waals surface area contributed by atoms with E-state index in [0.29, 0.717) is 5.11 Å². The van der Waals surface area contributed by atoms with Gasteiger partial charge in [-0.3, -0.25) is 4.98 Å². The van der Waals surface area contributed by atoms with Crippen LogP contribution in [0.25, 0.3) is 5.69 Å². The van der Waals surface area contributed by atoms with E-state index in [1.54, 1.807) is 0 Å². The molecule has 0 saturated carbocycles. The molecule has 0 amide bonds. The van der Waals surface area contributed by atoms with Gasteiger partial charge >= 0.3 is 0 Å². The van der Waals surface area contributed by atoms with Gasteiger partial charge in [-0.2, -0.15) is 0 Å². The number of nitrogens with zero attached hydrogens (tertiary/aromatic N) is 3. The molecule has 1 N–H and O–H groups in total. The first-order valence-corrected chi connectivity index (χ1v) is 13.5. The summed E-state index contributed by atoms with van der Waals surface area (Å²) in [6.07, 6.45) is 1.84. The number of pyridine rings is 1. The second-order valence-corrected chi connectivity index (χ2v) is 10.2. The number of anilines is 1. The van der Waals surface area contributed by atoms with Crippen LogP contribution in [-0.4, -0.2) is 14.7 Å². The summed E-state index contributed by atoms with van der Waals surface area (Å²) in [6, 6.07) is 34.8. The van der Waals surface area contributed by atoms with Crippen molar-refractivity contribution in [1.29, 1.82) is 0 Å². The zero-order valence-electron chi connectivity index (χ0n) is 22.2. The average Bonchev–Trinajstić information content (AvgIpc) is 3.46. The maximum absolute atomic E-state index is 6.16. The number of ether oxygens (including phenoxy) is 1. The van der Waals surface area contributed by atoms with E-state index in [1.165, 1.54) is 17.0 Å². The molecule has 5 nitrogen and oxygen atoms in total. The van der Waals surface area contributed by atoms with Crippen LogP contribution in [-0.2, 0) is 0 Å². The minimum Gasteiger partial charge on any atom is -0.457 e. The Labute approximate surface area is 234 Å². The maximum atomic E-state index is 6.16. The van der Waals surface area contributed by atoms with Crippen LogP contribution < -0.4 is 15.0 Å². The van der Waals surface area contributed by atoms with Gasteiger partial charge in [0, 0.05) is 29.0 Å². The molecule has 1 aliphatic rings. The maximum Gasteiger partial charge on any atom is 0.174 e. The Morgan fingerprint density at radius 1 is 0.795 bits per heavy atom. The van der Waals surface area contributed by atoms with Crippen LogP contribution >= 0.6 is 12.2 Å². The smallest absolute Gasteiger partial charge is 0.174 e. The minimum atomic E-state index is -0.105. The molecule has 6 heteroatoms. The van der Waals surface area contributed by atoms with Crippen LogP contribution in [0.4, 0.5) is 5.69 Å². The highest BCUT2D eigenvalue weighted by molar-refractivity contribution is 7.80. The molecule has 1 fully saturated rings. The number of rotatable bonds is 6. The molecule has 3 heterocycles. The van der Waals surface area contributed by atoms with E-state index in [9.17, 15) is 0 Å². The first-order chi connectivity index (χ1) is 19.0. The number of hydrogen-bond acceptors (Lipinski definition) is 3. The van der Waals surface area contributed by atoms with Crippen molar-refractivity contribution >= 4 is 23.0 Å². The molecule has 0 unspecified atom stereocenters. The standard InChI is InChI=1S/C33H30N4OS/c1-22-11-7-8-15-30(22)38-27-18-16-26(17-19-27)37-32(31(35-33(37)39)29-14-9-10-20-34-29)28-21-23(2)36(24(28)3)25-12-5-4-6-13-25/h4-21,31-32H,1-3H3,(H,35,39)/t31-,32+/m1/s1. The van der Waals surface area contributed by atoms with E-state index < -0.39 is 0 Å². The SMILES string of the molecule is Cc1ccccc1Oc1ccc(N2C(=S)N[C@H](c3ccccn3)[C@@H]2c2cc(C)n(-c3ccccc3)c2C)cc1. The Morgan fingerprint density at radius 2 is 1.51 bits per heavy atom. The van der Waals surface area contributed by atoms with Gasteiger partial charge in [0.05, 0.1) is 17.8 Å². The van der Waals surface area contributed by atoms with Gasteiger partial charge in [0.15, 0.2) is 5.11 Å². The Hall–Kier alpha value is -4.42. The van der Waals surface area contributed by atoms with Crippen LogP contribution in [0.5, 0.6) is 11.5 Å². The molecule has 3 aromatic carbocycles. The van der Waals surface area contributed by atoms with Crippen LogP contribution in [0.3, 0.4) is 0 Å². The fraction of sp³-hybridized carbons (Fsp3) is 0.152. The van der Waals surface area contributed by atoms with Crippen LogP contribution in [0, 0.1) is 20.8 Å². The van der Waals surface area contributed by atoms with Crippen molar-refractivity contribution in [2.24, 2.45) is 0 Å². The van der Waals surface area contributed by atoms with Crippen LogP contribution in [0.1, 0.15) is 40.3 Å². The van der Waals surface area contributed by atoms with Gasteiger partial charge < -0.3 is 19.5 Å². The number of thiocarbonyl (C=S) groups is 1. The number of hydrogen-bond donors (Lipinski definition) is 1. The highest BCUT2D eigenvalue weighted by Crippen LogP contribution is 2.44. The molecule has 0 bridgehead atoms. The predicted octanol–water partition coefficient (Wildman–Crippen LogP) is 7.77. The molecule has 0 spiro atoms. The van der Waals surface area contributed by atoms with Crippen molar-refractivity contribution in [3.63, 3.8) is 0 Å². The Balaban J connectivity index is 1.41. The normalized spacial score (nSPS) is 16.8. The van der Waals surface area contributed by atoms with Gasteiger partial charge in [0.1, 0.15) is 11.5 Å². The lowest BCUT2D eigenvalue weighted by Gasteiger charge is -2.28. The lowest BCUT2D eigenvalue weighted by Crippen LogP contribution is -2.29. The summed E-state index contributed by atoms with van der Waals surface area (Å²) in [6.45, 7) is 6.39. The third kappa shape index (κ3) is 4.68. The summed E-state index contributed by atoms with van der Waals surface area (Å²) in [5.74, 6) is 1.64. The quantitative estimate of drug-likeness (QED) is 0.227. The summed E-state index contributed by atoms with van der Waals surface area (Å²) in [5, 5.41) is 4.25. The molecule has 5 aromatic rings. The topological polar surface area (TPSA) is 42.3 Å². The van der Waals surface area contributed by atoms with E-state index in [4.69, 9.17) is 21.9 Å². The third-order valence-corrected chi connectivity index (χ3v) is 7.65. The molecular formula is C33H30N4OS. The fourth-order valence-corrected chi connectivity index (χ4v) is 5.83. The first-order valence-electron chi connectivity index (χ1n) is 13.1. The highest BCUT2D eigenvalue weighted by Gasteiger charge is 2.42. The minimum absolute atomic E-state index is 0.0841. The van der Waals surface area contributed by atoms with Crippen LogP contribution in [0.2, 0.25) is 0 Å². The number of para-hydroxylation sites is 2. The van der Waals surface area contributed by atoms with Crippen molar-refractivity contribution in [1.82, 2.24) is 14.9 Å². The summed E-state index contributed by atoms with van der Waals surface area (Å²) in [5.41, 5.74) is 7.76. The molecule has 0 radical (unpaired) electrons. The molecule has 2 aromatic heterocycles. The van der Waals surface area contributed by atoms with Gasteiger partial charge in [-0.25, -0.2) is 0 Å². The van der Waals surface area contributed by atoms with Crippen molar-refractivity contribution < 1.29 is 4.74 Å². The molecule has 1 aliphatic heterocycles. The molecule has 2 atom stereocenters. The highest BCUT2D eigenvalue weighted by atomic mass is 32.1. The molecule has 39 heavy (non-hydrogen) atoms. The van der Waals surface area contributed by atoms with Gasteiger partial charge in [-0.15, -0.1) is 0 Å². The largest absolute Gasteiger partial charge is 0.457 e. The number of aromatic nitrogens is 2. The summed E-state index contributed by atoms with van der Waals surface area (Å²) < 4.78 is 8.47. The molecule has 6 rings (SSSR count). The first kappa shape index (κ1) is 24.9.